The minimum Gasteiger partial charge on any atom is -0.375 e. The van der Waals surface area contributed by atoms with Gasteiger partial charge in [0, 0.05) is 31.4 Å². The smallest absolute Gasteiger partial charge is 0.123 e. The Bertz CT molecular complexity index is 423. The first-order chi connectivity index (χ1) is 9.06. The Kier molecular flexibility index (Phi) is 4.77. The maximum atomic E-state index is 13.4. The van der Waals surface area contributed by atoms with Gasteiger partial charge in [0.2, 0.25) is 0 Å². The van der Waals surface area contributed by atoms with Gasteiger partial charge >= 0.3 is 0 Å². The molecule has 1 saturated heterocycles. The molecule has 0 amide bonds. The molecule has 3 nitrogen and oxygen atoms in total. The summed E-state index contributed by atoms with van der Waals surface area (Å²) in [5.41, 5.74) is 2.13. The van der Waals surface area contributed by atoms with Gasteiger partial charge in [-0.05, 0) is 30.7 Å². The van der Waals surface area contributed by atoms with E-state index in [1.165, 1.54) is 6.07 Å². The lowest BCUT2D eigenvalue weighted by Gasteiger charge is -2.34. The highest BCUT2D eigenvalue weighted by Crippen LogP contribution is 2.24. The number of benzene rings is 1. The van der Waals surface area contributed by atoms with Crippen LogP contribution in [0, 0.1) is 5.82 Å². The molecule has 1 aromatic rings. The fourth-order valence-corrected chi connectivity index (χ4v) is 2.36. The number of nitrogens with one attached hydrogen (secondary N) is 1. The van der Waals surface area contributed by atoms with Crippen LogP contribution < -0.4 is 10.2 Å². The summed E-state index contributed by atoms with van der Waals surface area (Å²) in [6.45, 7) is 9.41. The predicted molar refractivity (Wildman–Crippen MR) is 76.0 cm³/mol. The topological polar surface area (TPSA) is 24.5 Å². The summed E-state index contributed by atoms with van der Waals surface area (Å²) in [7, 11) is 0. The van der Waals surface area contributed by atoms with Gasteiger partial charge in [-0.15, -0.1) is 0 Å². The number of rotatable bonds is 4. The molecule has 1 atom stereocenters. The number of ether oxygens (including phenoxy) is 1. The van der Waals surface area contributed by atoms with Gasteiger partial charge in [0.15, 0.2) is 0 Å². The third kappa shape index (κ3) is 3.91. The van der Waals surface area contributed by atoms with Gasteiger partial charge in [-0.1, -0.05) is 13.8 Å². The molecule has 0 aromatic heterocycles. The van der Waals surface area contributed by atoms with E-state index in [0.29, 0.717) is 12.6 Å². The van der Waals surface area contributed by atoms with E-state index in [1.54, 1.807) is 6.07 Å². The Labute approximate surface area is 114 Å². The predicted octanol–water partition coefficient (Wildman–Crippen LogP) is 2.55. The second kappa shape index (κ2) is 6.35. The Morgan fingerprint density at radius 2 is 2.26 bits per heavy atom. The van der Waals surface area contributed by atoms with Gasteiger partial charge in [0.05, 0.1) is 12.7 Å². The largest absolute Gasteiger partial charge is 0.375 e. The third-order valence-corrected chi connectivity index (χ3v) is 3.32. The van der Waals surface area contributed by atoms with E-state index in [9.17, 15) is 4.39 Å². The summed E-state index contributed by atoms with van der Waals surface area (Å²) < 4.78 is 19.0. The molecule has 1 fully saturated rings. The quantitative estimate of drug-likeness (QED) is 0.906. The van der Waals surface area contributed by atoms with E-state index >= 15 is 0 Å². The summed E-state index contributed by atoms with van der Waals surface area (Å²) in [6, 6.07) is 5.43. The number of nitrogens with zero attached hydrogens (tertiary/aromatic N) is 1. The molecule has 0 spiro atoms. The Morgan fingerprint density at radius 1 is 1.47 bits per heavy atom. The maximum Gasteiger partial charge on any atom is 0.123 e. The van der Waals surface area contributed by atoms with Crippen molar-refractivity contribution in [2.45, 2.75) is 39.5 Å². The fraction of sp³-hybridized carbons (Fsp3) is 0.600. The van der Waals surface area contributed by atoms with Crippen LogP contribution in [-0.4, -0.2) is 31.8 Å². The first kappa shape index (κ1) is 14.3. The highest BCUT2D eigenvalue weighted by atomic mass is 19.1. The summed E-state index contributed by atoms with van der Waals surface area (Å²) >= 11 is 0. The number of morpholine rings is 1. The van der Waals surface area contributed by atoms with Gasteiger partial charge < -0.3 is 15.0 Å². The summed E-state index contributed by atoms with van der Waals surface area (Å²) in [5, 5.41) is 3.36. The van der Waals surface area contributed by atoms with Crippen molar-refractivity contribution in [2.24, 2.45) is 0 Å². The van der Waals surface area contributed by atoms with E-state index in [2.05, 4.69) is 31.0 Å². The SMILES string of the molecule is CC(C)NCc1cc(F)ccc1N1CCOC(C)C1. The molecule has 1 aliphatic heterocycles. The van der Waals surface area contributed by atoms with Gasteiger partial charge in [-0.25, -0.2) is 4.39 Å². The van der Waals surface area contributed by atoms with Gasteiger partial charge in [-0.2, -0.15) is 0 Å². The lowest BCUT2D eigenvalue weighted by Crippen LogP contribution is -2.41. The zero-order valence-corrected chi connectivity index (χ0v) is 11.9. The molecule has 0 saturated carbocycles. The molecule has 0 aliphatic carbocycles. The van der Waals surface area contributed by atoms with Crippen LogP contribution in [0.5, 0.6) is 0 Å². The van der Waals surface area contributed by atoms with Crippen molar-refractivity contribution >= 4 is 5.69 Å². The van der Waals surface area contributed by atoms with Crippen molar-refractivity contribution in [3.05, 3.63) is 29.6 Å². The zero-order valence-electron chi connectivity index (χ0n) is 11.9. The summed E-state index contributed by atoms with van der Waals surface area (Å²) in [5.74, 6) is -0.175. The molecule has 1 heterocycles. The lowest BCUT2D eigenvalue weighted by molar-refractivity contribution is 0.0531. The Balaban J connectivity index is 2.18. The molecule has 0 bridgehead atoms. The van der Waals surface area contributed by atoms with Crippen molar-refractivity contribution in [2.75, 3.05) is 24.6 Å². The molecular formula is C15H23FN2O. The van der Waals surface area contributed by atoms with E-state index < -0.39 is 0 Å². The maximum absolute atomic E-state index is 13.4. The average Bonchev–Trinajstić information content (AvgIpc) is 2.36. The molecule has 1 N–H and O–H groups in total. The van der Waals surface area contributed by atoms with Crippen molar-refractivity contribution in [3.63, 3.8) is 0 Å². The van der Waals surface area contributed by atoms with Crippen molar-refractivity contribution in [1.82, 2.24) is 5.32 Å². The van der Waals surface area contributed by atoms with Crippen LogP contribution in [0.2, 0.25) is 0 Å². The molecule has 1 unspecified atom stereocenters. The van der Waals surface area contributed by atoms with E-state index in [0.717, 1.165) is 30.9 Å². The van der Waals surface area contributed by atoms with Gasteiger partial charge in [0.25, 0.3) is 0 Å². The number of anilines is 1. The van der Waals surface area contributed by atoms with Crippen LogP contribution in [-0.2, 0) is 11.3 Å². The normalized spacial score (nSPS) is 20.1. The highest BCUT2D eigenvalue weighted by Gasteiger charge is 2.19. The van der Waals surface area contributed by atoms with E-state index in [4.69, 9.17) is 4.74 Å². The third-order valence-electron chi connectivity index (χ3n) is 3.32. The van der Waals surface area contributed by atoms with Crippen molar-refractivity contribution < 1.29 is 9.13 Å². The van der Waals surface area contributed by atoms with Crippen LogP contribution in [0.4, 0.5) is 10.1 Å². The zero-order chi connectivity index (χ0) is 13.8. The molecular weight excluding hydrogens is 243 g/mol. The molecule has 2 rings (SSSR count). The first-order valence-corrected chi connectivity index (χ1v) is 6.94. The second-order valence-corrected chi connectivity index (χ2v) is 5.44. The van der Waals surface area contributed by atoms with Crippen LogP contribution >= 0.6 is 0 Å². The fourth-order valence-electron chi connectivity index (χ4n) is 2.36. The Morgan fingerprint density at radius 3 is 2.95 bits per heavy atom. The van der Waals surface area contributed by atoms with Crippen LogP contribution in [0.15, 0.2) is 18.2 Å². The number of hydrogen-bond donors (Lipinski definition) is 1. The van der Waals surface area contributed by atoms with E-state index in [1.807, 2.05) is 6.07 Å². The molecule has 106 valence electrons. The Hall–Kier alpha value is -1.13. The van der Waals surface area contributed by atoms with Crippen molar-refractivity contribution in [3.8, 4) is 0 Å². The highest BCUT2D eigenvalue weighted by molar-refractivity contribution is 5.54. The minimum absolute atomic E-state index is 0.175. The lowest BCUT2D eigenvalue weighted by atomic mass is 10.1. The standard InChI is InChI=1S/C15H23FN2O/c1-11(2)17-9-13-8-14(16)4-5-15(13)18-6-7-19-12(3)10-18/h4-5,8,11-12,17H,6-7,9-10H2,1-3H3. The van der Waals surface area contributed by atoms with Crippen molar-refractivity contribution in [1.29, 1.82) is 0 Å². The van der Waals surface area contributed by atoms with Gasteiger partial charge in [0.1, 0.15) is 5.82 Å². The first-order valence-electron chi connectivity index (χ1n) is 6.94. The average molecular weight is 266 g/mol. The molecule has 0 radical (unpaired) electrons. The second-order valence-electron chi connectivity index (χ2n) is 5.44. The van der Waals surface area contributed by atoms with E-state index in [-0.39, 0.29) is 11.9 Å². The molecule has 1 aromatic carbocycles. The minimum atomic E-state index is -0.175. The van der Waals surface area contributed by atoms with Crippen LogP contribution in [0.3, 0.4) is 0 Å². The van der Waals surface area contributed by atoms with Crippen LogP contribution in [0.1, 0.15) is 26.3 Å². The molecule has 1 aliphatic rings. The summed E-state index contributed by atoms with van der Waals surface area (Å²) in [6.07, 6.45) is 0.227. The summed E-state index contributed by atoms with van der Waals surface area (Å²) in [4.78, 5) is 2.28. The number of halogens is 1. The molecule has 19 heavy (non-hydrogen) atoms. The van der Waals surface area contributed by atoms with Crippen LogP contribution in [0.25, 0.3) is 0 Å². The number of hydrogen-bond acceptors (Lipinski definition) is 3. The van der Waals surface area contributed by atoms with Gasteiger partial charge in [-0.3, -0.25) is 0 Å². The molecule has 4 heteroatoms. The monoisotopic (exact) mass is 266 g/mol.